The first-order chi connectivity index (χ1) is 14.7. The molecule has 0 aromatic heterocycles. The normalized spacial score (nSPS) is 10.5. The molecule has 1 N–H and O–H groups in total. The molecule has 0 fully saturated rings. The van der Waals surface area contributed by atoms with E-state index in [4.69, 9.17) is 58.0 Å². The Hall–Kier alpha value is -2.28. The van der Waals surface area contributed by atoms with Crippen LogP contribution in [0.15, 0.2) is 60.7 Å². The van der Waals surface area contributed by atoms with Crippen LogP contribution in [0, 0.1) is 0 Å². The van der Waals surface area contributed by atoms with Crippen molar-refractivity contribution in [3.63, 3.8) is 0 Å². The lowest BCUT2D eigenvalue weighted by Gasteiger charge is -2.22. The molecule has 0 saturated heterocycles. The van der Waals surface area contributed by atoms with E-state index in [-0.39, 0.29) is 36.9 Å². The fourth-order valence-electron chi connectivity index (χ4n) is 2.63. The summed E-state index contributed by atoms with van der Waals surface area (Å²) in [5.41, 5.74) is -0.00744. The molecule has 0 bridgehead atoms. The van der Waals surface area contributed by atoms with Crippen LogP contribution in [0.3, 0.4) is 0 Å². The van der Waals surface area contributed by atoms with Gasteiger partial charge in [-0.3, -0.25) is 14.9 Å². The lowest BCUT2D eigenvalue weighted by molar-refractivity contribution is 0.0960. The van der Waals surface area contributed by atoms with Crippen LogP contribution in [0.5, 0.6) is 0 Å². The summed E-state index contributed by atoms with van der Waals surface area (Å²) < 4.78 is 0. The molecule has 0 saturated carbocycles. The van der Waals surface area contributed by atoms with Crippen molar-refractivity contribution in [2.75, 3.05) is 4.90 Å². The number of hydrogen-bond acceptors (Lipinski definition) is 3. The molecule has 31 heavy (non-hydrogen) atoms. The maximum atomic E-state index is 13.2. The van der Waals surface area contributed by atoms with Gasteiger partial charge in [0.25, 0.3) is 11.8 Å². The summed E-state index contributed by atoms with van der Waals surface area (Å²) in [7, 11) is 0. The van der Waals surface area contributed by atoms with Gasteiger partial charge in [-0.25, -0.2) is 9.69 Å². The largest absolute Gasteiger partial charge is 0.335 e. The third-order valence-electron chi connectivity index (χ3n) is 4.06. The maximum absolute atomic E-state index is 13.2. The van der Waals surface area contributed by atoms with Gasteiger partial charge in [-0.15, -0.1) is 0 Å². The van der Waals surface area contributed by atoms with E-state index in [2.05, 4.69) is 5.32 Å². The molecule has 0 radical (unpaired) electrons. The van der Waals surface area contributed by atoms with E-state index in [1.165, 1.54) is 54.6 Å². The third-order valence-corrected chi connectivity index (χ3v) is 5.51. The highest BCUT2D eigenvalue weighted by Crippen LogP contribution is 2.27. The van der Waals surface area contributed by atoms with Crippen LogP contribution in [0.25, 0.3) is 0 Å². The molecule has 0 aliphatic heterocycles. The highest BCUT2D eigenvalue weighted by atomic mass is 35.5. The van der Waals surface area contributed by atoms with Gasteiger partial charge < -0.3 is 0 Å². The van der Waals surface area contributed by atoms with Crippen molar-refractivity contribution in [1.29, 1.82) is 0 Å². The van der Waals surface area contributed by atoms with E-state index in [1.807, 2.05) is 0 Å². The second-order valence-electron chi connectivity index (χ2n) is 6.10. The predicted molar refractivity (Wildman–Crippen MR) is 124 cm³/mol. The molecule has 3 aromatic rings. The van der Waals surface area contributed by atoms with Crippen molar-refractivity contribution >= 4 is 81.5 Å². The number of anilines is 1. The topological polar surface area (TPSA) is 66.5 Å². The first-order valence-electron chi connectivity index (χ1n) is 8.53. The smallest absolute Gasteiger partial charge is 0.273 e. The number of amides is 4. The molecule has 0 aliphatic carbocycles. The van der Waals surface area contributed by atoms with Gasteiger partial charge in [-0.2, -0.15) is 0 Å². The van der Waals surface area contributed by atoms with Crippen molar-refractivity contribution < 1.29 is 14.4 Å². The number of nitrogens with one attached hydrogen (secondary N) is 1. The van der Waals surface area contributed by atoms with Gasteiger partial charge in [0.2, 0.25) is 0 Å². The minimum Gasteiger partial charge on any atom is -0.273 e. The Morgan fingerprint density at radius 3 is 1.90 bits per heavy atom. The van der Waals surface area contributed by atoms with Gasteiger partial charge in [0.1, 0.15) is 0 Å². The molecule has 0 unspecified atom stereocenters. The summed E-state index contributed by atoms with van der Waals surface area (Å²) in [6.07, 6.45) is 0. The minimum absolute atomic E-state index is 0.0394. The van der Waals surface area contributed by atoms with E-state index < -0.39 is 17.8 Å². The molecule has 10 heteroatoms. The van der Waals surface area contributed by atoms with Crippen LogP contribution >= 0.6 is 58.0 Å². The molecule has 5 nitrogen and oxygen atoms in total. The summed E-state index contributed by atoms with van der Waals surface area (Å²) in [6.45, 7) is 0. The van der Waals surface area contributed by atoms with Crippen molar-refractivity contribution in [3.8, 4) is 0 Å². The Kier molecular flexibility index (Phi) is 7.46. The van der Waals surface area contributed by atoms with Crippen molar-refractivity contribution in [3.05, 3.63) is 96.9 Å². The number of rotatable bonds is 3. The Morgan fingerprint density at radius 1 is 0.710 bits per heavy atom. The third kappa shape index (κ3) is 5.32. The molecule has 0 atom stereocenters. The average Bonchev–Trinajstić information content (AvgIpc) is 2.71. The molecular weight excluding hydrogens is 506 g/mol. The number of urea groups is 1. The van der Waals surface area contributed by atoms with Crippen LogP contribution in [0.2, 0.25) is 25.1 Å². The van der Waals surface area contributed by atoms with Crippen LogP contribution in [0.4, 0.5) is 10.5 Å². The van der Waals surface area contributed by atoms with Crippen LogP contribution in [-0.2, 0) is 0 Å². The quantitative estimate of drug-likeness (QED) is 0.402. The van der Waals surface area contributed by atoms with E-state index in [0.717, 1.165) is 4.90 Å². The van der Waals surface area contributed by atoms with Crippen LogP contribution in [0.1, 0.15) is 20.7 Å². The number of carbonyl (C=O) groups is 3. The molecule has 0 heterocycles. The summed E-state index contributed by atoms with van der Waals surface area (Å²) >= 11 is 30.1. The van der Waals surface area contributed by atoms with E-state index in [0.29, 0.717) is 5.02 Å². The molecule has 3 aromatic carbocycles. The molecule has 158 valence electrons. The zero-order valence-electron chi connectivity index (χ0n) is 15.3. The minimum atomic E-state index is -1.05. The average molecular weight is 517 g/mol. The van der Waals surface area contributed by atoms with Gasteiger partial charge >= 0.3 is 6.03 Å². The standard InChI is InChI=1S/C21H11Cl5N2O3/c22-11-4-7-13(8-5-11)28(20(30)14-10-12(23)6-9-15(14)24)21(31)27-19(29)18-16(25)2-1-3-17(18)26/h1-10H,(H,27,29,31). The van der Waals surface area contributed by atoms with Gasteiger partial charge in [0.15, 0.2) is 0 Å². The molecule has 0 spiro atoms. The summed E-state index contributed by atoms with van der Waals surface area (Å²) in [5, 5.41) is 2.90. The van der Waals surface area contributed by atoms with Crippen molar-refractivity contribution in [1.82, 2.24) is 5.32 Å². The number of halogens is 5. The predicted octanol–water partition coefficient (Wildman–Crippen LogP) is 7.15. The number of imide groups is 2. The molecule has 3 rings (SSSR count). The Bertz CT molecular complexity index is 1160. The molecule has 0 aliphatic rings. The number of carbonyl (C=O) groups excluding carboxylic acids is 3. The number of hydrogen-bond donors (Lipinski definition) is 1. The van der Waals surface area contributed by atoms with Crippen molar-refractivity contribution in [2.45, 2.75) is 0 Å². The van der Waals surface area contributed by atoms with Gasteiger partial charge in [-0.05, 0) is 54.6 Å². The number of benzene rings is 3. The van der Waals surface area contributed by atoms with E-state index >= 15 is 0 Å². The fraction of sp³-hybridized carbons (Fsp3) is 0. The fourth-order valence-corrected chi connectivity index (χ4v) is 3.69. The lowest BCUT2D eigenvalue weighted by Crippen LogP contribution is -2.46. The Morgan fingerprint density at radius 2 is 1.29 bits per heavy atom. The van der Waals surface area contributed by atoms with Crippen LogP contribution < -0.4 is 10.2 Å². The van der Waals surface area contributed by atoms with Gasteiger partial charge in [0, 0.05) is 10.0 Å². The summed E-state index contributed by atoms with van der Waals surface area (Å²) in [6, 6.07) is 13.5. The molecular formula is C21H11Cl5N2O3. The highest BCUT2D eigenvalue weighted by Gasteiger charge is 2.29. The highest BCUT2D eigenvalue weighted by molar-refractivity contribution is 6.41. The summed E-state index contributed by atoms with van der Waals surface area (Å²) in [5.74, 6) is -1.70. The lowest BCUT2D eigenvalue weighted by atomic mass is 10.1. The monoisotopic (exact) mass is 514 g/mol. The first-order valence-corrected chi connectivity index (χ1v) is 10.4. The Balaban J connectivity index is 2.01. The van der Waals surface area contributed by atoms with Crippen molar-refractivity contribution in [2.24, 2.45) is 0 Å². The SMILES string of the molecule is O=C(NC(=O)N(C(=O)c1cc(Cl)ccc1Cl)c1ccc(Cl)cc1)c1c(Cl)cccc1Cl. The summed E-state index contributed by atoms with van der Waals surface area (Å²) in [4.78, 5) is 39.6. The Labute approximate surface area is 202 Å². The van der Waals surface area contributed by atoms with Gasteiger partial charge in [-0.1, -0.05) is 64.1 Å². The van der Waals surface area contributed by atoms with Crippen LogP contribution in [-0.4, -0.2) is 17.8 Å². The van der Waals surface area contributed by atoms with E-state index in [1.54, 1.807) is 6.07 Å². The second kappa shape index (κ2) is 9.90. The maximum Gasteiger partial charge on any atom is 0.335 e. The zero-order chi connectivity index (χ0) is 22.7. The van der Waals surface area contributed by atoms with Gasteiger partial charge in [0.05, 0.1) is 31.9 Å². The van der Waals surface area contributed by atoms with E-state index in [9.17, 15) is 14.4 Å². The molecule has 4 amide bonds. The zero-order valence-corrected chi connectivity index (χ0v) is 19.1. The number of nitrogens with zero attached hydrogens (tertiary/aromatic N) is 1. The first kappa shape index (κ1) is 23.4. The second-order valence-corrected chi connectivity index (χ2v) is 8.19.